The summed E-state index contributed by atoms with van der Waals surface area (Å²) in [5, 5.41) is 10.7. The van der Waals surface area contributed by atoms with Gasteiger partial charge in [0.05, 0.1) is 9.92 Å². The largest absolute Gasteiger partial charge is 0.480 e. The Morgan fingerprint density at radius 3 is 2.52 bits per heavy atom. The van der Waals surface area contributed by atoms with E-state index in [-0.39, 0.29) is 22.9 Å². The number of carbonyl (C=O) groups is 1. The zero-order valence-corrected chi connectivity index (χ0v) is 14.0. The van der Waals surface area contributed by atoms with Crippen molar-refractivity contribution >= 4 is 50.0 Å². The van der Waals surface area contributed by atoms with Crippen molar-refractivity contribution in [2.75, 3.05) is 0 Å². The Balaban J connectivity index is 2.05. The fraction of sp³-hybridized carbons (Fsp3) is 0.286. The molecule has 1 aliphatic carbocycles. The number of aromatic nitrogens is 1. The molecule has 2 N–H and O–H groups in total. The van der Waals surface area contributed by atoms with Gasteiger partial charge in [-0.3, -0.25) is 4.79 Å². The van der Waals surface area contributed by atoms with Gasteiger partial charge >= 0.3 is 5.97 Å². The van der Waals surface area contributed by atoms with Gasteiger partial charge in [0.2, 0.25) is 10.0 Å². The first-order chi connectivity index (χ1) is 10.8. The molecule has 1 aromatic heterocycles. The van der Waals surface area contributed by atoms with Crippen LogP contribution in [0.2, 0.25) is 10.2 Å². The molecule has 1 heterocycles. The highest BCUT2D eigenvalue weighted by Crippen LogP contribution is 2.35. The van der Waals surface area contributed by atoms with E-state index >= 15 is 0 Å². The summed E-state index contributed by atoms with van der Waals surface area (Å²) >= 11 is 12.0. The van der Waals surface area contributed by atoms with Gasteiger partial charge in [-0.1, -0.05) is 29.3 Å². The first-order valence-corrected chi connectivity index (χ1v) is 9.00. The molecule has 0 aliphatic heterocycles. The van der Waals surface area contributed by atoms with Crippen LogP contribution >= 0.6 is 23.2 Å². The average molecular weight is 375 g/mol. The molecule has 1 aliphatic rings. The number of carboxylic acid groups (broad SMARTS) is 1. The lowest BCUT2D eigenvalue weighted by atomic mass is 9.78. The van der Waals surface area contributed by atoms with Crippen LogP contribution in [0.4, 0.5) is 0 Å². The number of aliphatic carboxylic acids is 1. The van der Waals surface area contributed by atoms with Crippen LogP contribution in [0, 0.1) is 0 Å². The minimum atomic E-state index is -4.01. The molecule has 1 saturated carbocycles. The summed E-state index contributed by atoms with van der Waals surface area (Å²) < 4.78 is 27.3. The molecule has 0 atom stereocenters. The number of halogens is 2. The van der Waals surface area contributed by atoms with E-state index in [1.54, 1.807) is 0 Å². The van der Waals surface area contributed by atoms with E-state index in [1.165, 1.54) is 24.4 Å². The van der Waals surface area contributed by atoms with Crippen LogP contribution in [0.5, 0.6) is 0 Å². The van der Waals surface area contributed by atoms with E-state index in [0.717, 1.165) is 0 Å². The van der Waals surface area contributed by atoms with Gasteiger partial charge in [0.1, 0.15) is 10.7 Å². The van der Waals surface area contributed by atoms with Gasteiger partial charge in [0.15, 0.2) is 0 Å². The lowest BCUT2D eigenvalue weighted by molar-refractivity contribution is -0.147. The topological polar surface area (TPSA) is 96.4 Å². The van der Waals surface area contributed by atoms with Gasteiger partial charge in [0.25, 0.3) is 0 Å². The number of sulfonamides is 1. The molecule has 0 radical (unpaired) electrons. The first kappa shape index (κ1) is 16.4. The SMILES string of the molecule is O=C(O)C1(NS(=O)(=O)c2ccc3c(Cl)cnc(Cl)c3c2)CCC1. The smallest absolute Gasteiger partial charge is 0.324 e. The fourth-order valence-electron chi connectivity index (χ4n) is 2.53. The van der Waals surface area contributed by atoms with E-state index in [9.17, 15) is 18.3 Å². The molecular weight excluding hydrogens is 363 g/mol. The number of hydrogen-bond donors (Lipinski definition) is 2. The molecule has 0 saturated heterocycles. The van der Waals surface area contributed by atoms with Crippen molar-refractivity contribution in [2.45, 2.75) is 29.7 Å². The predicted octanol–water partition coefficient (Wildman–Crippen LogP) is 2.83. The predicted molar refractivity (Wildman–Crippen MR) is 86.3 cm³/mol. The maximum atomic E-state index is 12.5. The Kier molecular flexibility index (Phi) is 4.00. The summed E-state index contributed by atoms with van der Waals surface area (Å²) in [6.07, 6.45) is 2.58. The molecule has 0 unspecified atom stereocenters. The van der Waals surface area contributed by atoms with Gasteiger partial charge in [-0.15, -0.1) is 0 Å². The van der Waals surface area contributed by atoms with Crippen LogP contribution in [0.3, 0.4) is 0 Å². The number of hydrogen-bond acceptors (Lipinski definition) is 4. The summed E-state index contributed by atoms with van der Waals surface area (Å²) in [7, 11) is -4.01. The van der Waals surface area contributed by atoms with Crippen molar-refractivity contribution in [3.63, 3.8) is 0 Å². The van der Waals surface area contributed by atoms with E-state index in [0.29, 0.717) is 22.2 Å². The number of nitrogens with zero attached hydrogens (tertiary/aromatic N) is 1. The van der Waals surface area contributed by atoms with Crippen molar-refractivity contribution in [3.8, 4) is 0 Å². The van der Waals surface area contributed by atoms with Crippen molar-refractivity contribution in [1.82, 2.24) is 9.71 Å². The summed E-state index contributed by atoms with van der Waals surface area (Å²) in [5.41, 5.74) is -1.43. The molecule has 3 rings (SSSR count). The molecule has 6 nitrogen and oxygen atoms in total. The highest BCUT2D eigenvalue weighted by atomic mass is 35.5. The number of nitrogens with one attached hydrogen (secondary N) is 1. The normalized spacial score (nSPS) is 17.0. The van der Waals surface area contributed by atoms with E-state index < -0.39 is 21.5 Å². The molecular formula is C14H12Cl2N2O4S. The Labute approximate surface area is 142 Å². The number of benzene rings is 1. The molecule has 0 spiro atoms. The number of rotatable bonds is 4. The summed E-state index contributed by atoms with van der Waals surface area (Å²) in [6, 6.07) is 4.22. The van der Waals surface area contributed by atoms with Gasteiger partial charge in [-0.2, -0.15) is 4.72 Å². The van der Waals surface area contributed by atoms with Gasteiger partial charge in [-0.05, 0) is 31.4 Å². The van der Waals surface area contributed by atoms with E-state index in [1.807, 2.05) is 0 Å². The molecule has 9 heteroatoms. The monoisotopic (exact) mass is 374 g/mol. The molecule has 1 fully saturated rings. The second kappa shape index (κ2) is 5.59. The zero-order valence-electron chi connectivity index (χ0n) is 11.7. The Hall–Kier alpha value is -1.41. The van der Waals surface area contributed by atoms with E-state index in [4.69, 9.17) is 23.2 Å². The zero-order chi connectivity index (χ0) is 16.8. The molecule has 1 aromatic carbocycles. The molecule has 0 amide bonds. The number of pyridine rings is 1. The maximum Gasteiger partial charge on any atom is 0.324 e. The van der Waals surface area contributed by atoms with Crippen LogP contribution in [-0.2, 0) is 14.8 Å². The summed E-state index contributed by atoms with van der Waals surface area (Å²) in [6.45, 7) is 0. The minimum Gasteiger partial charge on any atom is -0.480 e. The third-order valence-electron chi connectivity index (χ3n) is 4.02. The number of fused-ring (bicyclic) bond motifs is 1. The van der Waals surface area contributed by atoms with E-state index in [2.05, 4.69) is 9.71 Å². The van der Waals surface area contributed by atoms with Gasteiger partial charge in [-0.25, -0.2) is 13.4 Å². The maximum absolute atomic E-state index is 12.5. The van der Waals surface area contributed by atoms with Gasteiger partial charge in [0, 0.05) is 17.0 Å². The third-order valence-corrected chi connectivity index (χ3v) is 6.15. The molecule has 23 heavy (non-hydrogen) atoms. The van der Waals surface area contributed by atoms with Crippen molar-refractivity contribution < 1.29 is 18.3 Å². The third kappa shape index (κ3) is 2.78. The molecule has 122 valence electrons. The highest BCUT2D eigenvalue weighted by molar-refractivity contribution is 7.89. The van der Waals surface area contributed by atoms with Crippen LogP contribution in [-0.4, -0.2) is 30.0 Å². The van der Waals surface area contributed by atoms with Crippen molar-refractivity contribution in [3.05, 3.63) is 34.6 Å². The van der Waals surface area contributed by atoms with Gasteiger partial charge < -0.3 is 5.11 Å². The van der Waals surface area contributed by atoms with Crippen LogP contribution in [0.15, 0.2) is 29.3 Å². The summed E-state index contributed by atoms with van der Waals surface area (Å²) in [5.74, 6) is -1.17. The first-order valence-electron chi connectivity index (χ1n) is 6.76. The quantitative estimate of drug-likeness (QED) is 0.802. The minimum absolute atomic E-state index is 0.0801. The fourth-order valence-corrected chi connectivity index (χ4v) is 4.39. The highest BCUT2D eigenvalue weighted by Gasteiger charge is 2.47. The second-order valence-electron chi connectivity index (χ2n) is 5.45. The van der Waals surface area contributed by atoms with Crippen molar-refractivity contribution in [2.24, 2.45) is 0 Å². The summed E-state index contributed by atoms with van der Waals surface area (Å²) in [4.78, 5) is 15.2. The lowest BCUT2D eigenvalue weighted by Gasteiger charge is -2.37. The van der Waals surface area contributed by atoms with Crippen LogP contribution in [0.1, 0.15) is 19.3 Å². The number of carboxylic acids is 1. The Morgan fingerprint density at radius 2 is 1.96 bits per heavy atom. The van der Waals surface area contributed by atoms with Crippen LogP contribution in [0.25, 0.3) is 10.8 Å². The average Bonchev–Trinajstić information content (AvgIpc) is 2.46. The molecule has 2 aromatic rings. The molecule has 0 bridgehead atoms. The van der Waals surface area contributed by atoms with Crippen molar-refractivity contribution in [1.29, 1.82) is 0 Å². The lowest BCUT2D eigenvalue weighted by Crippen LogP contribution is -2.58. The Bertz CT molecular complexity index is 910. The second-order valence-corrected chi connectivity index (χ2v) is 7.90. The van der Waals surface area contributed by atoms with Crippen LogP contribution < -0.4 is 4.72 Å². The Morgan fingerprint density at radius 1 is 1.26 bits per heavy atom. The standard InChI is InChI=1S/C14H12Cl2N2O4S/c15-11-7-17-12(16)10-6-8(2-3-9(10)11)23(21,22)18-14(13(19)20)4-1-5-14/h2-3,6-7,18H,1,4-5H2,(H,19,20).